The predicted molar refractivity (Wildman–Crippen MR) is 38.9 cm³/mol. The molecular formula is C5H9IO2. The molecule has 0 aliphatic carbocycles. The molecule has 0 saturated carbocycles. The second kappa shape index (κ2) is 3.63. The predicted octanol–water partition coefficient (Wildman–Crippen LogP) is 1.53. The van der Waals surface area contributed by atoms with Gasteiger partial charge in [-0.1, -0.05) is 22.6 Å². The molecule has 1 rings (SSSR count). The van der Waals surface area contributed by atoms with E-state index in [-0.39, 0.29) is 6.29 Å². The Hall–Kier alpha value is 0.650. The van der Waals surface area contributed by atoms with Gasteiger partial charge in [0.1, 0.15) is 4.61 Å². The number of alkyl halides is 1. The quantitative estimate of drug-likeness (QED) is 0.527. The molecule has 1 fully saturated rings. The van der Waals surface area contributed by atoms with E-state index in [1.54, 1.807) is 0 Å². The fourth-order valence-electron chi connectivity index (χ4n) is 0.750. The van der Waals surface area contributed by atoms with Crippen LogP contribution in [-0.2, 0) is 9.47 Å². The molecule has 1 heterocycles. The first-order valence-electron chi connectivity index (χ1n) is 2.72. The van der Waals surface area contributed by atoms with E-state index in [0.717, 1.165) is 24.1 Å². The second-order valence-corrected chi connectivity index (χ2v) is 2.34. The minimum atomic E-state index is 0.104. The van der Waals surface area contributed by atoms with Gasteiger partial charge in [0, 0.05) is 13.0 Å². The zero-order valence-electron chi connectivity index (χ0n) is 4.60. The van der Waals surface area contributed by atoms with Crippen LogP contribution in [0.2, 0.25) is 0 Å². The molecule has 0 amide bonds. The van der Waals surface area contributed by atoms with Crippen LogP contribution in [0.4, 0.5) is 0 Å². The van der Waals surface area contributed by atoms with Gasteiger partial charge in [-0.3, -0.25) is 0 Å². The maximum absolute atomic E-state index is 5.17. The standard InChI is InChI=1S/C5H9IO2/c6-4-8-5-2-1-3-7-5/h5H,1-4H2. The molecule has 0 aromatic carbocycles. The lowest BCUT2D eigenvalue weighted by atomic mass is 10.4. The Morgan fingerprint density at radius 3 is 3.12 bits per heavy atom. The molecule has 8 heavy (non-hydrogen) atoms. The summed E-state index contributed by atoms with van der Waals surface area (Å²) in [5.74, 6) is 0. The minimum absolute atomic E-state index is 0.104. The van der Waals surface area contributed by atoms with Crippen molar-refractivity contribution in [2.75, 3.05) is 11.2 Å². The summed E-state index contributed by atoms with van der Waals surface area (Å²) >= 11 is 2.17. The molecule has 0 aromatic rings. The van der Waals surface area contributed by atoms with E-state index in [9.17, 15) is 0 Å². The molecule has 0 bridgehead atoms. The number of rotatable bonds is 2. The van der Waals surface area contributed by atoms with Crippen molar-refractivity contribution in [3.8, 4) is 0 Å². The molecule has 0 N–H and O–H groups in total. The topological polar surface area (TPSA) is 18.5 Å². The van der Waals surface area contributed by atoms with Crippen molar-refractivity contribution in [3.05, 3.63) is 0 Å². The Morgan fingerprint density at radius 2 is 2.62 bits per heavy atom. The van der Waals surface area contributed by atoms with Gasteiger partial charge in [-0.15, -0.1) is 0 Å². The zero-order chi connectivity index (χ0) is 5.82. The Morgan fingerprint density at radius 1 is 1.75 bits per heavy atom. The largest absolute Gasteiger partial charge is 0.353 e. The van der Waals surface area contributed by atoms with Crippen LogP contribution in [0.5, 0.6) is 0 Å². The van der Waals surface area contributed by atoms with Gasteiger partial charge in [0.05, 0.1) is 0 Å². The SMILES string of the molecule is ICOC1CCCO1. The lowest BCUT2D eigenvalue weighted by Gasteiger charge is -2.05. The highest BCUT2D eigenvalue weighted by molar-refractivity contribution is 14.1. The highest BCUT2D eigenvalue weighted by Gasteiger charge is 2.14. The van der Waals surface area contributed by atoms with Gasteiger partial charge in [0.15, 0.2) is 6.29 Å². The Labute approximate surface area is 62.7 Å². The average molecular weight is 228 g/mol. The molecule has 48 valence electrons. The third-order valence-corrected chi connectivity index (χ3v) is 1.50. The van der Waals surface area contributed by atoms with Crippen LogP contribution in [0.25, 0.3) is 0 Å². The van der Waals surface area contributed by atoms with Gasteiger partial charge >= 0.3 is 0 Å². The third-order valence-electron chi connectivity index (χ3n) is 1.14. The number of halogens is 1. The molecular weight excluding hydrogens is 219 g/mol. The smallest absolute Gasteiger partial charge is 0.158 e. The van der Waals surface area contributed by atoms with Crippen molar-refractivity contribution in [2.45, 2.75) is 19.1 Å². The van der Waals surface area contributed by atoms with Crippen LogP contribution in [0.15, 0.2) is 0 Å². The Bertz CT molecular complexity index is 61.4. The summed E-state index contributed by atoms with van der Waals surface area (Å²) in [6.07, 6.45) is 2.33. The number of ether oxygens (including phenoxy) is 2. The Balaban J connectivity index is 2.06. The number of hydrogen-bond donors (Lipinski definition) is 0. The molecule has 1 aliphatic heterocycles. The number of hydrogen-bond acceptors (Lipinski definition) is 2. The summed E-state index contributed by atoms with van der Waals surface area (Å²) in [6.45, 7) is 0.876. The van der Waals surface area contributed by atoms with Crippen molar-refractivity contribution < 1.29 is 9.47 Å². The van der Waals surface area contributed by atoms with Crippen molar-refractivity contribution in [1.29, 1.82) is 0 Å². The highest BCUT2D eigenvalue weighted by Crippen LogP contribution is 2.13. The maximum Gasteiger partial charge on any atom is 0.158 e. The summed E-state index contributed by atoms with van der Waals surface area (Å²) in [5.41, 5.74) is 0. The van der Waals surface area contributed by atoms with Gasteiger partial charge in [-0.05, 0) is 6.42 Å². The fourth-order valence-corrected chi connectivity index (χ4v) is 1.15. The van der Waals surface area contributed by atoms with E-state index in [2.05, 4.69) is 22.6 Å². The van der Waals surface area contributed by atoms with Gasteiger partial charge < -0.3 is 9.47 Å². The van der Waals surface area contributed by atoms with E-state index in [1.807, 2.05) is 0 Å². The summed E-state index contributed by atoms with van der Waals surface area (Å²) in [6, 6.07) is 0. The van der Waals surface area contributed by atoms with E-state index in [4.69, 9.17) is 9.47 Å². The lowest BCUT2D eigenvalue weighted by molar-refractivity contribution is -0.0909. The first-order chi connectivity index (χ1) is 3.93. The van der Waals surface area contributed by atoms with E-state index < -0.39 is 0 Å². The van der Waals surface area contributed by atoms with Crippen molar-refractivity contribution in [1.82, 2.24) is 0 Å². The highest BCUT2D eigenvalue weighted by atomic mass is 127. The first kappa shape index (κ1) is 6.77. The monoisotopic (exact) mass is 228 g/mol. The molecule has 1 unspecified atom stereocenters. The van der Waals surface area contributed by atoms with Crippen LogP contribution >= 0.6 is 22.6 Å². The van der Waals surface area contributed by atoms with Gasteiger partial charge in [-0.2, -0.15) is 0 Å². The summed E-state index contributed by atoms with van der Waals surface area (Å²) in [5, 5.41) is 0. The molecule has 0 aromatic heterocycles. The van der Waals surface area contributed by atoms with Gasteiger partial charge in [0.25, 0.3) is 0 Å². The maximum atomic E-state index is 5.17. The second-order valence-electron chi connectivity index (χ2n) is 1.72. The van der Waals surface area contributed by atoms with Crippen LogP contribution in [0, 0.1) is 0 Å². The molecule has 1 aliphatic rings. The molecule has 0 spiro atoms. The van der Waals surface area contributed by atoms with E-state index >= 15 is 0 Å². The van der Waals surface area contributed by atoms with Crippen LogP contribution in [0.1, 0.15) is 12.8 Å². The molecule has 0 radical (unpaired) electrons. The van der Waals surface area contributed by atoms with Crippen molar-refractivity contribution in [2.24, 2.45) is 0 Å². The molecule has 1 saturated heterocycles. The summed E-state index contributed by atoms with van der Waals surface area (Å²) in [4.78, 5) is 0. The van der Waals surface area contributed by atoms with Gasteiger partial charge in [0.2, 0.25) is 0 Å². The summed E-state index contributed by atoms with van der Waals surface area (Å²) in [7, 11) is 0. The van der Waals surface area contributed by atoms with Crippen molar-refractivity contribution in [3.63, 3.8) is 0 Å². The van der Waals surface area contributed by atoms with Crippen LogP contribution < -0.4 is 0 Å². The third kappa shape index (κ3) is 1.87. The van der Waals surface area contributed by atoms with E-state index in [1.165, 1.54) is 0 Å². The minimum Gasteiger partial charge on any atom is -0.353 e. The normalized spacial score (nSPS) is 28.9. The van der Waals surface area contributed by atoms with Crippen molar-refractivity contribution >= 4 is 22.6 Å². The molecule has 2 nitrogen and oxygen atoms in total. The lowest BCUT2D eigenvalue weighted by Crippen LogP contribution is -2.08. The van der Waals surface area contributed by atoms with Crippen LogP contribution in [0.3, 0.4) is 0 Å². The molecule has 1 atom stereocenters. The van der Waals surface area contributed by atoms with E-state index in [0.29, 0.717) is 0 Å². The summed E-state index contributed by atoms with van der Waals surface area (Å²) < 4.78 is 11.1. The average Bonchev–Trinajstić information content (AvgIpc) is 2.19. The fraction of sp³-hybridized carbons (Fsp3) is 1.00. The first-order valence-corrected chi connectivity index (χ1v) is 4.25. The van der Waals surface area contributed by atoms with Crippen LogP contribution in [-0.4, -0.2) is 17.5 Å². The zero-order valence-corrected chi connectivity index (χ0v) is 6.76. The molecule has 3 heteroatoms. The van der Waals surface area contributed by atoms with Gasteiger partial charge in [-0.25, -0.2) is 0 Å². The Kier molecular flexibility index (Phi) is 3.07.